The fraction of sp³-hybridized carbons (Fsp3) is 0.597. The van der Waals surface area contributed by atoms with Gasteiger partial charge in [-0.2, -0.15) is 0 Å². The molecule has 83 heavy (non-hydrogen) atoms. The second-order valence-electron chi connectivity index (χ2n) is 21.6. The Morgan fingerprint density at radius 1 is 0.253 bits per heavy atom. The molecule has 1 atom stereocenters. The second kappa shape index (κ2) is 69.3. The molecular formula is C77H122O6. The van der Waals surface area contributed by atoms with Crippen molar-refractivity contribution in [3.8, 4) is 0 Å². The summed E-state index contributed by atoms with van der Waals surface area (Å²) in [5, 5.41) is 0. The van der Waals surface area contributed by atoms with Gasteiger partial charge in [-0.3, -0.25) is 14.4 Å². The van der Waals surface area contributed by atoms with Crippen LogP contribution in [0.2, 0.25) is 0 Å². The largest absolute Gasteiger partial charge is 0.462 e. The zero-order valence-corrected chi connectivity index (χ0v) is 53.4. The molecule has 0 bridgehead atoms. The van der Waals surface area contributed by atoms with E-state index < -0.39 is 6.10 Å². The normalized spacial score (nSPS) is 13.2. The van der Waals surface area contributed by atoms with Crippen LogP contribution in [-0.4, -0.2) is 37.2 Å². The molecule has 0 rings (SSSR count). The lowest BCUT2D eigenvalue weighted by atomic mass is 10.0. The predicted octanol–water partition coefficient (Wildman–Crippen LogP) is 23.4. The van der Waals surface area contributed by atoms with Crippen LogP contribution in [0.5, 0.6) is 0 Å². The van der Waals surface area contributed by atoms with Crippen molar-refractivity contribution in [1.82, 2.24) is 0 Å². The molecule has 0 aliphatic heterocycles. The maximum atomic E-state index is 12.9. The van der Waals surface area contributed by atoms with Crippen molar-refractivity contribution in [2.45, 2.75) is 284 Å². The van der Waals surface area contributed by atoms with Gasteiger partial charge in [0.05, 0.1) is 0 Å². The number of esters is 3. The highest BCUT2D eigenvalue weighted by atomic mass is 16.6. The summed E-state index contributed by atoms with van der Waals surface area (Å²) in [4.78, 5) is 38.4. The van der Waals surface area contributed by atoms with E-state index >= 15 is 0 Å². The highest BCUT2D eigenvalue weighted by molar-refractivity contribution is 5.71. The molecule has 0 fully saturated rings. The van der Waals surface area contributed by atoms with Gasteiger partial charge >= 0.3 is 17.9 Å². The van der Waals surface area contributed by atoms with Gasteiger partial charge in [0.25, 0.3) is 0 Å². The zero-order valence-electron chi connectivity index (χ0n) is 53.4. The van der Waals surface area contributed by atoms with E-state index in [9.17, 15) is 14.4 Å². The van der Waals surface area contributed by atoms with Crippen LogP contribution in [0.15, 0.2) is 170 Å². The van der Waals surface area contributed by atoms with Gasteiger partial charge in [0, 0.05) is 19.3 Å². The van der Waals surface area contributed by atoms with E-state index in [-0.39, 0.29) is 37.5 Å². The van der Waals surface area contributed by atoms with Crippen LogP contribution in [0.4, 0.5) is 0 Å². The number of unbranched alkanes of at least 4 members (excludes halogenated alkanes) is 20. The van der Waals surface area contributed by atoms with Gasteiger partial charge < -0.3 is 14.2 Å². The molecular weight excluding hydrogens is 1020 g/mol. The van der Waals surface area contributed by atoms with E-state index in [2.05, 4.69) is 191 Å². The van der Waals surface area contributed by atoms with Crippen LogP contribution < -0.4 is 0 Å². The Balaban J connectivity index is 4.46. The summed E-state index contributed by atoms with van der Waals surface area (Å²) in [5.74, 6) is -0.955. The maximum absolute atomic E-state index is 12.9. The third kappa shape index (κ3) is 67.4. The molecule has 6 heteroatoms. The van der Waals surface area contributed by atoms with Gasteiger partial charge in [0.15, 0.2) is 6.10 Å². The molecule has 0 N–H and O–H groups in total. The second-order valence-corrected chi connectivity index (χ2v) is 21.6. The summed E-state index contributed by atoms with van der Waals surface area (Å²) in [5.41, 5.74) is 0. The molecule has 0 aromatic rings. The Morgan fingerprint density at radius 2 is 0.470 bits per heavy atom. The Bertz CT molecular complexity index is 1890. The first-order valence-electron chi connectivity index (χ1n) is 33.6. The summed E-state index contributed by atoms with van der Waals surface area (Å²) in [6, 6.07) is 0. The lowest BCUT2D eigenvalue weighted by Crippen LogP contribution is -2.30. The standard InChI is InChI=1S/C77H122O6/c1-4-7-10-13-16-19-22-25-27-29-31-33-35-36-37-38-39-40-42-43-45-47-49-52-55-58-61-64-67-70-76(79)82-73-74(72-81-75(78)69-66-63-60-57-54-51-24-21-18-15-12-9-6-3)83-77(80)71-68-65-62-59-56-53-50-48-46-44-41-34-32-30-28-26-23-20-17-14-11-8-5-2/h7-8,10-11,16-17,19-20,25-28,31-34,36-37,39-40,43-46,49-50,52-53,74H,4-6,9,12-15,18,21-24,29-30,35,38,41-42,47-48,51,54-73H2,1-3H3/b10-7-,11-8-,19-16-,20-17-,27-25-,28-26-,33-31-,34-32-,37-36-,40-39-,45-43-,46-44-,52-49-,53-50-. The minimum Gasteiger partial charge on any atom is -0.462 e. The first-order chi connectivity index (χ1) is 41.0. The van der Waals surface area contributed by atoms with Crippen LogP contribution >= 0.6 is 0 Å². The summed E-state index contributed by atoms with van der Waals surface area (Å²) < 4.78 is 16.9. The molecule has 0 aliphatic carbocycles. The van der Waals surface area contributed by atoms with Crippen molar-refractivity contribution in [2.75, 3.05) is 13.2 Å². The van der Waals surface area contributed by atoms with E-state index in [0.29, 0.717) is 12.8 Å². The van der Waals surface area contributed by atoms with Gasteiger partial charge in [0.1, 0.15) is 13.2 Å². The molecule has 0 spiro atoms. The van der Waals surface area contributed by atoms with Crippen molar-refractivity contribution in [3.05, 3.63) is 170 Å². The zero-order chi connectivity index (χ0) is 59.9. The molecule has 6 nitrogen and oxygen atoms in total. The Labute approximate surface area is 511 Å². The van der Waals surface area contributed by atoms with Gasteiger partial charge in [0.2, 0.25) is 0 Å². The lowest BCUT2D eigenvalue weighted by molar-refractivity contribution is -0.167. The molecule has 0 aliphatic rings. The molecule has 466 valence electrons. The third-order valence-corrected chi connectivity index (χ3v) is 13.7. The van der Waals surface area contributed by atoms with E-state index in [1.165, 1.54) is 64.2 Å². The van der Waals surface area contributed by atoms with Crippen LogP contribution in [0, 0.1) is 0 Å². The van der Waals surface area contributed by atoms with Crippen LogP contribution in [0.1, 0.15) is 278 Å². The summed E-state index contributed by atoms with van der Waals surface area (Å²) in [6.45, 7) is 6.37. The highest BCUT2D eigenvalue weighted by Gasteiger charge is 2.19. The molecule has 0 amide bonds. The predicted molar refractivity (Wildman–Crippen MR) is 361 cm³/mol. The summed E-state index contributed by atoms with van der Waals surface area (Å²) >= 11 is 0. The third-order valence-electron chi connectivity index (χ3n) is 13.7. The topological polar surface area (TPSA) is 78.9 Å². The fourth-order valence-electron chi connectivity index (χ4n) is 8.76. The Morgan fingerprint density at radius 3 is 0.735 bits per heavy atom. The number of hydrogen-bond donors (Lipinski definition) is 0. The number of ether oxygens (including phenoxy) is 3. The van der Waals surface area contributed by atoms with E-state index in [0.717, 1.165) is 173 Å². The van der Waals surface area contributed by atoms with Crippen LogP contribution in [-0.2, 0) is 28.6 Å². The summed E-state index contributed by atoms with van der Waals surface area (Å²) in [7, 11) is 0. The molecule has 0 radical (unpaired) electrons. The average Bonchev–Trinajstić information content (AvgIpc) is 3.49. The van der Waals surface area contributed by atoms with Crippen molar-refractivity contribution < 1.29 is 28.6 Å². The number of hydrogen-bond acceptors (Lipinski definition) is 6. The van der Waals surface area contributed by atoms with Crippen molar-refractivity contribution in [3.63, 3.8) is 0 Å². The highest BCUT2D eigenvalue weighted by Crippen LogP contribution is 2.15. The van der Waals surface area contributed by atoms with Crippen LogP contribution in [0.3, 0.4) is 0 Å². The Hall–Kier alpha value is -5.23. The van der Waals surface area contributed by atoms with Crippen molar-refractivity contribution >= 4 is 17.9 Å². The Kier molecular flexibility index (Phi) is 64.9. The molecule has 0 heterocycles. The first-order valence-corrected chi connectivity index (χ1v) is 33.6. The van der Waals surface area contributed by atoms with Crippen LogP contribution in [0.25, 0.3) is 0 Å². The first kappa shape index (κ1) is 77.8. The SMILES string of the molecule is CC/C=C\C/C=C\C/C=C\C/C=C\C/C=C\C/C=C\C/C=C\C/C=C\CCCCCCC(=O)OCC(COC(=O)CCCCCCCCCCCCCCC)OC(=O)CCCCCC/C=C\C/C=C\C/C=C\C/C=C\C/C=C\C/C=C\CC. The van der Waals surface area contributed by atoms with Gasteiger partial charge in [-0.15, -0.1) is 0 Å². The van der Waals surface area contributed by atoms with E-state index in [1.54, 1.807) is 0 Å². The summed E-state index contributed by atoms with van der Waals surface area (Å²) in [6.07, 6.45) is 102. The molecule has 0 aromatic heterocycles. The molecule has 0 saturated carbocycles. The van der Waals surface area contributed by atoms with Gasteiger partial charge in [-0.05, 0) is 135 Å². The smallest absolute Gasteiger partial charge is 0.306 e. The van der Waals surface area contributed by atoms with Crippen molar-refractivity contribution in [1.29, 1.82) is 0 Å². The number of rotatable bonds is 59. The van der Waals surface area contributed by atoms with E-state index in [4.69, 9.17) is 14.2 Å². The lowest BCUT2D eigenvalue weighted by Gasteiger charge is -2.18. The molecule has 0 saturated heterocycles. The quantitative estimate of drug-likeness (QED) is 0.0261. The number of allylic oxidation sites excluding steroid dienone is 28. The maximum Gasteiger partial charge on any atom is 0.306 e. The number of carbonyl (C=O) groups excluding carboxylic acids is 3. The minimum atomic E-state index is -0.812. The van der Waals surface area contributed by atoms with Gasteiger partial charge in [-0.25, -0.2) is 0 Å². The van der Waals surface area contributed by atoms with Crippen molar-refractivity contribution in [2.24, 2.45) is 0 Å². The molecule has 1 unspecified atom stereocenters. The van der Waals surface area contributed by atoms with Gasteiger partial charge in [-0.1, -0.05) is 294 Å². The number of carbonyl (C=O) groups is 3. The average molecular weight is 1140 g/mol. The van der Waals surface area contributed by atoms with E-state index in [1.807, 2.05) is 0 Å². The minimum absolute atomic E-state index is 0.102. The fourth-order valence-corrected chi connectivity index (χ4v) is 8.76. The molecule has 0 aromatic carbocycles. The monoisotopic (exact) mass is 1140 g/mol.